The number of aliphatic hydroxyl groups is 1. The first kappa shape index (κ1) is 17.2. The Bertz CT molecular complexity index is 881. The molecule has 10 heteroatoms. The van der Waals surface area contributed by atoms with Gasteiger partial charge in [-0.1, -0.05) is 25.4 Å². The molecule has 6 N–H and O–H groups in total. The van der Waals surface area contributed by atoms with Crippen LogP contribution in [0.1, 0.15) is 13.8 Å². The average molecular weight is 363 g/mol. The van der Waals surface area contributed by atoms with Gasteiger partial charge in [0.2, 0.25) is 11.6 Å². The number of nitrogens with zero attached hydrogens (tertiary/aromatic N) is 4. The van der Waals surface area contributed by atoms with Gasteiger partial charge < -0.3 is 21.5 Å². The van der Waals surface area contributed by atoms with E-state index in [1.807, 2.05) is 13.8 Å². The molecule has 132 valence electrons. The van der Waals surface area contributed by atoms with Crippen LogP contribution in [0.5, 0.6) is 0 Å². The van der Waals surface area contributed by atoms with Crippen molar-refractivity contribution < 1.29 is 5.11 Å². The minimum Gasteiger partial charge on any atom is -0.397 e. The minimum atomic E-state index is -0.177. The first-order chi connectivity index (χ1) is 12.0. The summed E-state index contributed by atoms with van der Waals surface area (Å²) in [6, 6.07) is 5.00. The second kappa shape index (κ2) is 7.08. The molecule has 2 heterocycles. The van der Waals surface area contributed by atoms with Crippen LogP contribution in [0.15, 0.2) is 18.2 Å². The van der Waals surface area contributed by atoms with E-state index in [0.717, 1.165) is 0 Å². The Balaban J connectivity index is 1.95. The van der Waals surface area contributed by atoms with Crippen molar-refractivity contribution in [3.63, 3.8) is 0 Å². The molecule has 0 aliphatic rings. The van der Waals surface area contributed by atoms with Crippen LogP contribution in [0.25, 0.3) is 11.2 Å². The van der Waals surface area contributed by atoms with Gasteiger partial charge in [0, 0.05) is 5.69 Å². The lowest BCUT2D eigenvalue weighted by atomic mass is 10.1. The van der Waals surface area contributed by atoms with Crippen molar-refractivity contribution >= 4 is 45.9 Å². The number of aliphatic hydroxyl groups excluding tert-OH is 1. The molecule has 0 radical (unpaired) electrons. The molecule has 0 aliphatic heterocycles. The van der Waals surface area contributed by atoms with E-state index in [2.05, 4.69) is 36.0 Å². The Morgan fingerprint density at radius 1 is 1.28 bits per heavy atom. The van der Waals surface area contributed by atoms with E-state index < -0.39 is 0 Å². The van der Waals surface area contributed by atoms with Gasteiger partial charge in [-0.25, -0.2) is 0 Å². The van der Waals surface area contributed by atoms with Gasteiger partial charge in [-0.3, -0.25) is 0 Å². The van der Waals surface area contributed by atoms with Crippen molar-refractivity contribution in [3.05, 3.63) is 23.2 Å². The van der Waals surface area contributed by atoms with Crippen molar-refractivity contribution in [2.75, 3.05) is 23.0 Å². The fourth-order valence-electron chi connectivity index (χ4n) is 2.25. The fourth-order valence-corrected chi connectivity index (χ4v) is 2.36. The molecule has 0 saturated carbocycles. The molecule has 1 aromatic carbocycles. The van der Waals surface area contributed by atoms with Crippen LogP contribution >= 0.6 is 11.6 Å². The van der Waals surface area contributed by atoms with Crippen LogP contribution in [0.2, 0.25) is 5.02 Å². The number of nitrogens with one attached hydrogen (secondary N) is 3. The summed E-state index contributed by atoms with van der Waals surface area (Å²) in [6.45, 7) is 3.96. The molecule has 0 spiro atoms. The number of aromatic amines is 1. The molecule has 0 saturated heterocycles. The number of H-pyrrole nitrogens is 1. The van der Waals surface area contributed by atoms with Crippen molar-refractivity contribution in [1.29, 1.82) is 0 Å². The molecular formula is C15H19ClN8O. The van der Waals surface area contributed by atoms with Crippen LogP contribution in [0.4, 0.5) is 23.1 Å². The molecule has 0 amide bonds. The van der Waals surface area contributed by atoms with Crippen molar-refractivity contribution in [2.24, 2.45) is 5.92 Å². The van der Waals surface area contributed by atoms with Crippen LogP contribution in [-0.4, -0.2) is 43.1 Å². The van der Waals surface area contributed by atoms with E-state index in [1.54, 1.807) is 18.2 Å². The van der Waals surface area contributed by atoms with Crippen molar-refractivity contribution in [2.45, 2.75) is 19.9 Å². The van der Waals surface area contributed by atoms with Gasteiger partial charge in [0.25, 0.3) is 0 Å². The number of aromatic nitrogens is 5. The van der Waals surface area contributed by atoms with Crippen LogP contribution in [0.3, 0.4) is 0 Å². The van der Waals surface area contributed by atoms with Gasteiger partial charge in [-0.2, -0.15) is 20.3 Å². The molecule has 3 rings (SSSR count). The van der Waals surface area contributed by atoms with Crippen LogP contribution in [0, 0.1) is 5.92 Å². The molecule has 3 aromatic rings. The summed E-state index contributed by atoms with van der Waals surface area (Å²) in [5.74, 6) is 1.01. The Morgan fingerprint density at radius 2 is 2.08 bits per heavy atom. The highest BCUT2D eigenvalue weighted by atomic mass is 35.5. The molecule has 2 aromatic heterocycles. The number of nitrogens with two attached hydrogens (primary N) is 1. The fraction of sp³-hybridized carbons (Fsp3) is 0.333. The van der Waals surface area contributed by atoms with E-state index in [9.17, 15) is 5.11 Å². The lowest BCUT2D eigenvalue weighted by molar-refractivity contribution is 0.248. The summed E-state index contributed by atoms with van der Waals surface area (Å²) in [5.41, 5.74) is 7.89. The van der Waals surface area contributed by atoms with E-state index in [4.69, 9.17) is 17.3 Å². The Labute approximate surface area is 149 Å². The van der Waals surface area contributed by atoms with Gasteiger partial charge in [0.1, 0.15) is 0 Å². The topological polar surface area (TPSA) is 138 Å². The van der Waals surface area contributed by atoms with E-state index in [-0.39, 0.29) is 18.6 Å². The Kier molecular flexibility index (Phi) is 4.86. The normalized spacial score (nSPS) is 12.5. The third-order valence-corrected chi connectivity index (χ3v) is 4.10. The highest BCUT2D eigenvalue weighted by Gasteiger charge is 2.17. The Hall–Kier alpha value is -2.65. The van der Waals surface area contributed by atoms with Crippen LogP contribution in [-0.2, 0) is 0 Å². The molecule has 0 unspecified atom stereocenters. The number of halogens is 1. The zero-order chi connectivity index (χ0) is 18.0. The first-order valence-corrected chi connectivity index (χ1v) is 8.13. The van der Waals surface area contributed by atoms with Crippen molar-refractivity contribution in [1.82, 2.24) is 25.4 Å². The summed E-state index contributed by atoms with van der Waals surface area (Å²) < 4.78 is 0. The summed E-state index contributed by atoms with van der Waals surface area (Å²) in [5, 5.41) is 26.9. The SMILES string of the molecule is CC(C)[C@H](CO)Nc1nc(Nc2ccc(Cl)c(N)c2)c2n[nH]nc2n1. The lowest BCUT2D eigenvalue weighted by Gasteiger charge is -2.20. The molecule has 0 bridgehead atoms. The van der Waals surface area contributed by atoms with E-state index in [0.29, 0.717) is 39.3 Å². The highest BCUT2D eigenvalue weighted by Crippen LogP contribution is 2.27. The molecular weight excluding hydrogens is 344 g/mol. The first-order valence-electron chi connectivity index (χ1n) is 7.76. The number of hydrogen-bond acceptors (Lipinski definition) is 8. The Morgan fingerprint density at radius 3 is 2.76 bits per heavy atom. The van der Waals surface area contributed by atoms with Gasteiger partial charge in [0.05, 0.1) is 23.4 Å². The van der Waals surface area contributed by atoms with Gasteiger partial charge in [-0.05, 0) is 24.1 Å². The van der Waals surface area contributed by atoms with E-state index in [1.165, 1.54) is 0 Å². The smallest absolute Gasteiger partial charge is 0.227 e. The number of anilines is 4. The quantitative estimate of drug-likeness (QED) is 0.420. The number of nitrogen functional groups attached to an aromatic ring is 1. The summed E-state index contributed by atoms with van der Waals surface area (Å²) in [4.78, 5) is 8.77. The summed E-state index contributed by atoms with van der Waals surface area (Å²) in [7, 11) is 0. The second-order valence-electron chi connectivity index (χ2n) is 5.93. The summed E-state index contributed by atoms with van der Waals surface area (Å²) >= 11 is 5.95. The zero-order valence-electron chi connectivity index (χ0n) is 13.8. The zero-order valence-corrected chi connectivity index (χ0v) is 14.5. The standard InChI is InChI=1S/C15H19ClN8O/c1-7(2)11(6-25)19-15-20-13(12-14(21-15)23-24-22-12)18-8-3-4-9(16)10(17)5-8/h3-5,7,11,25H,6,17H2,1-2H3,(H3,18,19,20,21,22,23,24)/t11-/m0/s1. The maximum Gasteiger partial charge on any atom is 0.227 e. The van der Waals surface area contributed by atoms with Crippen molar-refractivity contribution in [3.8, 4) is 0 Å². The molecule has 25 heavy (non-hydrogen) atoms. The molecule has 0 aliphatic carbocycles. The third kappa shape index (κ3) is 3.72. The number of fused-ring (bicyclic) bond motifs is 1. The minimum absolute atomic E-state index is 0.0334. The van der Waals surface area contributed by atoms with E-state index >= 15 is 0 Å². The molecule has 1 atom stereocenters. The summed E-state index contributed by atoms with van der Waals surface area (Å²) in [6.07, 6.45) is 0. The highest BCUT2D eigenvalue weighted by molar-refractivity contribution is 6.33. The molecule has 9 nitrogen and oxygen atoms in total. The third-order valence-electron chi connectivity index (χ3n) is 3.76. The average Bonchev–Trinajstić information content (AvgIpc) is 3.04. The van der Waals surface area contributed by atoms with Crippen LogP contribution < -0.4 is 16.4 Å². The second-order valence-corrected chi connectivity index (χ2v) is 6.34. The number of hydrogen-bond donors (Lipinski definition) is 5. The number of benzene rings is 1. The van der Waals surface area contributed by atoms with Gasteiger partial charge >= 0.3 is 0 Å². The predicted molar refractivity (Wildman–Crippen MR) is 98.0 cm³/mol. The predicted octanol–water partition coefficient (Wildman–Crippen LogP) is 2.16. The van der Waals surface area contributed by atoms with Gasteiger partial charge in [0.15, 0.2) is 11.3 Å². The number of rotatable bonds is 6. The lowest BCUT2D eigenvalue weighted by Crippen LogP contribution is -2.30. The monoisotopic (exact) mass is 362 g/mol. The molecule has 0 fully saturated rings. The maximum absolute atomic E-state index is 9.50. The largest absolute Gasteiger partial charge is 0.397 e. The maximum atomic E-state index is 9.50. The van der Waals surface area contributed by atoms with Gasteiger partial charge in [-0.15, -0.1) is 5.10 Å².